The summed E-state index contributed by atoms with van der Waals surface area (Å²) in [5, 5.41) is 10.1. The van der Waals surface area contributed by atoms with Crippen LogP contribution in [0.2, 0.25) is 0 Å². The molecule has 24 heavy (non-hydrogen) atoms. The molecule has 0 saturated carbocycles. The van der Waals surface area contributed by atoms with Crippen molar-refractivity contribution in [2.45, 2.75) is 12.7 Å². The standard InChI is InChI=1S/C17H27NO5S/c1-20-15-8-13(9-16(21-2)17(15)22-3)11-23-12-14(19)10-18-4-6-24-7-5-18/h8-9,14,19H,4-7,10-12H2,1-3H3/t14-/m0/s1. The van der Waals surface area contributed by atoms with Crippen molar-refractivity contribution in [3.05, 3.63) is 17.7 Å². The molecule has 0 aromatic heterocycles. The predicted octanol–water partition coefficient (Wildman–Crippen LogP) is 1.64. The minimum Gasteiger partial charge on any atom is -0.493 e. The lowest BCUT2D eigenvalue weighted by Gasteiger charge is -2.28. The van der Waals surface area contributed by atoms with E-state index in [0.29, 0.717) is 37.0 Å². The molecule has 0 spiro atoms. The highest BCUT2D eigenvalue weighted by Crippen LogP contribution is 2.38. The van der Waals surface area contributed by atoms with Crippen LogP contribution in [0.25, 0.3) is 0 Å². The summed E-state index contributed by atoms with van der Waals surface area (Å²) in [5.41, 5.74) is 0.908. The lowest BCUT2D eigenvalue weighted by Crippen LogP contribution is -2.39. The molecule has 1 aliphatic rings. The van der Waals surface area contributed by atoms with Gasteiger partial charge in [-0.15, -0.1) is 0 Å². The zero-order chi connectivity index (χ0) is 17.4. The molecule has 1 saturated heterocycles. The van der Waals surface area contributed by atoms with E-state index in [-0.39, 0.29) is 0 Å². The van der Waals surface area contributed by atoms with E-state index in [2.05, 4.69) is 4.90 Å². The SMILES string of the molecule is COc1cc(COC[C@@H](O)CN2CCSCC2)cc(OC)c1OC. The van der Waals surface area contributed by atoms with E-state index in [1.54, 1.807) is 21.3 Å². The minimum atomic E-state index is -0.477. The highest BCUT2D eigenvalue weighted by atomic mass is 32.2. The zero-order valence-electron chi connectivity index (χ0n) is 14.6. The van der Waals surface area contributed by atoms with Gasteiger partial charge in [-0.1, -0.05) is 0 Å². The summed E-state index contributed by atoms with van der Waals surface area (Å²) >= 11 is 1.96. The fraction of sp³-hybridized carbons (Fsp3) is 0.647. The molecule has 1 N–H and O–H groups in total. The zero-order valence-corrected chi connectivity index (χ0v) is 15.4. The smallest absolute Gasteiger partial charge is 0.203 e. The average molecular weight is 357 g/mol. The second kappa shape index (κ2) is 9.98. The number of ether oxygens (including phenoxy) is 4. The largest absolute Gasteiger partial charge is 0.493 e. The van der Waals surface area contributed by atoms with Gasteiger partial charge in [-0.25, -0.2) is 0 Å². The maximum Gasteiger partial charge on any atom is 0.203 e. The van der Waals surface area contributed by atoms with Gasteiger partial charge in [0.2, 0.25) is 5.75 Å². The lowest BCUT2D eigenvalue weighted by atomic mass is 10.2. The van der Waals surface area contributed by atoms with Crippen molar-refractivity contribution >= 4 is 11.8 Å². The molecule has 0 amide bonds. The van der Waals surface area contributed by atoms with Gasteiger partial charge in [-0.05, 0) is 17.7 Å². The van der Waals surface area contributed by atoms with Gasteiger partial charge >= 0.3 is 0 Å². The molecule has 1 aromatic rings. The van der Waals surface area contributed by atoms with E-state index >= 15 is 0 Å². The molecule has 2 rings (SSSR count). The Morgan fingerprint density at radius 3 is 2.25 bits per heavy atom. The van der Waals surface area contributed by atoms with Gasteiger partial charge in [-0.2, -0.15) is 11.8 Å². The van der Waals surface area contributed by atoms with Crippen molar-refractivity contribution in [2.24, 2.45) is 0 Å². The van der Waals surface area contributed by atoms with Crippen molar-refractivity contribution < 1.29 is 24.1 Å². The molecule has 1 aromatic carbocycles. The Balaban J connectivity index is 1.84. The Morgan fingerprint density at radius 1 is 1.08 bits per heavy atom. The van der Waals surface area contributed by atoms with E-state index in [1.165, 1.54) is 0 Å². The number of thioether (sulfide) groups is 1. The van der Waals surface area contributed by atoms with Crippen LogP contribution in [0.1, 0.15) is 5.56 Å². The number of methoxy groups -OCH3 is 3. The van der Waals surface area contributed by atoms with Gasteiger partial charge < -0.3 is 24.1 Å². The van der Waals surface area contributed by atoms with E-state index in [9.17, 15) is 5.11 Å². The third-order valence-electron chi connectivity index (χ3n) is 3.88. The van der Waals surface area contributed by atoms with Gasteiger partial charge in [0.25, 0.3) is 0 Å². The Morgan fingerprint density at radius 2 is 1.71 bits per heavy atom. The summed E-state index contributed by atoms with van der Waals surface area (Å²) in [5.74, 6) is 4.04. The second-order valence-electron chi connectivity index (χ2n) is 5.62. The van der Waals surface area contributed by atoms with Crippen LogP contribution >= 0.6 is 11.8 Å². The third kappa shape index (κ3) is 5.44. The number of aliphatic hydroxyl groups is 1. The normalized spacial score (nSPS) is 16.7. The number of rotatable bonds is 9. The average Bonchev–Trinajstić information content (AvgIpc) is 2.61. The summed E-state index contributed by atoms with van der Waals surface area (Å²) in [7, 11) is 4.75. The topological polar surface area (TPSA) is 60.4 Å². The van der Waals surface area contributed by atoms with E-state index < -0.39 is 6.10 Å². The predicted molar refractivity (Wildman–Crippen MR) is 95.5 cm³/mol. The van der Waals surface area contributed by atoms with Gasteiger partial charge in [-0.3, -0.25) is 4.90 Å². The lowest BCUT2D eigenvalue weighted by molar-refractivity contribution is 0.0113. The Bertz CT molecular complexity index is 483. The van der Waals surface area contributed by atoms with Gasteiger partial charge in [0.1, 0.15) is 0 Å². The van der Waals surface area contributed by atoms with Crippen LogP contribution in [0, 0.1) is 0 Å². The maximum absolute atomic E-state index is 10.1. The first-order valence-electron chi connectivity index (χ1n) is 8.02. The monoisotopic (exact) mass is 357 g/mol. The minimum absolute atomic E-state index is 0.306. The number of hydrogen-bond donors (Lipinski definition) is 1. The van der Waals surface area contributed by atoms with Crippen LogP contribution in [0.5, 0.6) is 17.2 Å². The molecule has 6 nitrogen and oxygen atoms in total. The van der Waals surface area contributed by atoms with Crippen LogP contribution in [-0.4, -0.2) is 75.2 Å². The molecule has 1 heterocycles. The van der Waals surface area contributed by atoms with Crippen LogP contribution in [-0.2, 0) is 11.3 Å². The van der Waals surface area contributed by atoms with E-state index in [0.717, 1.165) is 30.2 Å². The number of hydrogen-bond acceptors (Lipinski definition) is 7. The van der Waals surface area contributed by atoms with Crippen LogP contribution < -0.4 is 14.2 Å². The van der Waals surface area contributed by atoms with Crippen molar-refractivity contribution in [3.63, 3.8) is 0 Å². The highest BCUT2D eigenvalue weighted by Gasteiger charge is 2.16. The Kier molecular flexibility index (Phi) is 7.98. The summed E-state index contributed by atoms with van der Waals surface area (Å²) in [6, 6.07) is 3.71. The number of aliphatic hydroxyl groups excluding tert-OH is 1. The summed E-state index contributed by atoms with van der Waals surface area (Å²) in [4.78, 5) is 2.28. The fourth-order valence-corrected chi connectivity index (χ4v) is 3.64. The molecule has 7 heteroatoms. The van der Waals surface area contributed by atoms with Crippen LogP contribution in [0.15, 0.2) is 12.1 Å². The van der Waals surface area contributed by atoms with Crippen LogP contribution in [0.4, 0.5) is 0 Å². The number of benzene rings is 1. The molecule has 0 bridgehead atoms. The van der Waals surface area contributed by atoms with Crippen molar-refractivity contribution in [2.75, 3.05) is 59.1 Å². The van der Waals surface area contributed by atoms with Crippen molar-refractivity contribution in [1.29, 1.82) is 0 Å². The fourth-order valence-electron chi connectivity index (χ4n) is 2.67. The van der Waals surface area contributed by atoms with Gasteiger partial charge in [0, 0.05) is 31.1 Å². The van der Waals surface area contributed by atoms with E-state index in [4.69, 9.17) is 18.9 Å². The molecule has 1 fully saturated rings. The third-order valence-corrected chi connectivity index (χ3v) is 4.82. The quantitative estimate of drug-likeness (QED) is 0.721. The van der Waals surface area contributed by atoms with Gasteiger partial charge in [0.15, 0.2) is 11.5 Å². The maximum atomic E-state index is 10.1. The summed E-state index contributed by atoms with van der Waals surface area (Å²) in [6.07, 6.45) is -0.477. The first-order chi connectivity index (χ1) is 11.7. The molecule has 1 aliphatic heterocycles. The molecule has 0 aliphatic carbocycles. The Labute approximate surface area is 148 Å². The van der Waals surface area contributed by atoms with Crippen molar-refractivity contribution in [3.8, 4) is 17.2 Å². The second-order valence-corrected chi connectivity index (χ2v) is 6.84. The number of β-amino-alcohol motifs (C(OH)–C–C–N with tert-alkyl or cyclic N) is 1. The van der Waals surface area contributed by atoms with E-state index in [1.807, 2.05) is 23.9 Å². The first-order valence-corrected chi connectivity index (χ1v) is 9.18. The number of nitrogens with zero attached hydrogens (tertiary/aromatic N) is 1. The molecule has 0 radical (unpaired) electrons. The highest BCUT2D eigenvalue weighted by molar-refractivity contribution is 7.99. The van der Waals surface area contributed by atoms with Gasteiger partial charge in [0.05, 0.1) is 40.6 Å². The molecule has 136 valence electrons. The Hall–Kier alpha value is -1.15. The molecular formula is C17H27NO5S. The van der Waals surface area contributed by atoms with Crippen molar-refractivity contribution in [1.82, 2.24) is 4.90 Å². The summed E-state index contributed by atoms with van der Waals surface area (Å²) in [6.45, 7) is 3.42. The molecular weight excluding hydrogens is 330 g/mol. The molecule has 0 unspecified atom stereocenters. The van der Waals surface area contributed by atoms with Crippen LogP contribution in [0.3, 0.4) is 0 Å². The molecule has 1 atom stereocenters. The first kappa shape index (κ1) is 19.2. The summed E-state index contributed by atoms with van der Waals surface area (Å²) < 4.78 is 21.6.